The largest absolute Gasteiger partial charge is 0.507 e. The fraction of sp³-hybridized carbons (Fsp3) is 0.158. The molecule has 0 bridgehead atoms. The average molecular weight is 292 g/mol. The van der Waals surface area contributed by atoms with Crippen molar-refractivity contribution in [1.29, 1.82) is 0 Å². The van der Waals surface area contributed by atoms with Gasteiger partial charge < -0.3 is 5.11 Å². The Bertz CT molecular complexity index is 810. The summed E-state index contributed by atoms with van der Waals surface area (Å²) in [5, 5.41) is 12.0. The molecule has 1 nitrogen and oxygen atoms in total. The smallest absolute Gasteiger partial charge is 0.123 e. The van der Waals surface area contributed by atoms with Crippen molar-refractivity contribution >= 4 is 22.5 Å². The summed E-state index contributed by atoms with van der Waals surface area (Å²) >= 11 is 1.90. The first-order valence-electron chi connectivity index (χ1n) is 7.24. The Balaban J connectivity index is 1.58. The van der Waals surface area contributed by atoms with Gasteiger partial charge in [-0.05, 0) is 41.0 Å². The molecule has 1 atom stereocenters. The highest BCUT2D eigenvalue weighted by Gasteiger charge is 2.25. The van der Waals surface area contributed by atoms with Crippen molar-refractivity contribution < 1.29 is 5.11 Å². The molecule has 0 aliphatic heterocycles. The third-order valence-electron chi connectivity index (χ3n) is 4.26. The van der Waals surface area contributed by atoms with Gasteiger partial charge in [0.2, 0.25) is 0 Å². The number of thioether (sulfide) groups is 1. The van der Waals surface area contributed by atoms with Crippen molar-refractivity contribution in [3.8, 4) is 5.75 Å². The molecular formula is C19H16OS. The minimum atomic E-state index is 0.365. The number of benzene rings is 3. The fourth-order valence-electron chi connectivity index (χ4n) is 3.08. The number of hydrogen-bond acceptors (Lipinski definition) is 2. The maximum absolute atomic E-state index is 9.95. The van der Waals surface area contributed by atoms with E-state index < -0.39 is 0 Å². The molecule has 1 unspecified atom stereocenters. The molecule has 1 N–H and O–H groups in total. The van der Waals surface area contributed by atoms with Crippen molar-refractivity contribution in [2.24, 2.45) is 0 Å². The van der Waals surface area contributed by atoms with Crippen LogP contribution in [-0.2, 0) is 6.42 Å². The zero-order valence-electron chi connectivity index (χ0n) is 11.6. The van der Waals surface area contributed by atoms with Crippen LogP contribution < -0.4 is 0 Å². The molecule has 1 aliphatic rings. The molecule has 0 aromatic heterocycles. The minimum Gasteiger partial charge on any atom is -0.507 e. The van der Waals surface area contributed by atoms with Crippen LogP contribution >= 0.6 is 11.8 Å². The monoisotopic (exact) mass is 292 g/mol. The third kappa shape index (κ3) is 2.20. The summed E-state index contributed by atoms with van der Waals surface area (Å²) in [6, 6.07) is 20.6. The Morgan fingerprint density at radius 1 is 0.905 bits per heavy atom. The first-order valence-corrected chi connectivity index (χ1v) is 8.23. The van der Waals surface area contributed by atoms with Crippen molar-refractivity contribution in [2.45, 2.75) is 17.2 Å². The van der Waals surface area contributed by atoms with E-state index in [1.807, 2.05) is 36.0 Å². The Hall–Kier alpha value is -1.93. The number of phenols is 1. The third-order valence-corrected chi connectivity index (χ3v) is 5.50. The van der Waals surface area contributed by atoms with Gasteiger partial charge in [-0.3, -0.25) is 0 Å². The van der Waals surface area contributed by atoms with E-state index in [-0.39, 0.29) is 0 Å². The molecular weight excluding hydrogens is 276 g/mol. The zero-order valence-corrected chi connectivity index (χ0v) is 12.4. The second kappa shape index (κ2) is 5.12. The molecule has 0 saturated carbocycles. The van der Waals surface area contributed by atoms with E-state index in [1.165, 1.54) is 22.4 Å². The van der Waals surface area contributed by atoms with E-state index in [4.69, 9.17) is 0 Å². The number of aromatic hydroxyl groups is 1. The Morgan fingerprint density at radius 2 is 1.67 bits per heavy atom. The predicted octanol–water partition coefficient (Wildman–Crippen LogP) is 4.98. The van der Waals surface area contributed by atoms with Gasteiger partial charge in [0.05, 0.1) is 0 Å². The Morgan fingerprint density at radius 3 is 2.52 bits per heavy atom. The van der Waals surface area contributed by atoms with E-state index in [0.717, 1.165) is 16.5 Å². The van der Waals surface area contributed by atoms with E-state index in [0.29, 0.717) is 11.7 Å². The summed E-state index contributed by atoms with van der Waals surface area (Å²) in [4.78, 5) is 1.26. The van der Waals surface area contributed by atoms with Crippen molar-refractivity contribution in [1.82, 2.24) is 0 Å². The highest BCUT2D eigenvalue weighted by Crippen LogP contribution is 2.40. The maximum atomic E-state index is 9.95. The molecule has 0 amide bonds. The topological polar surface area (TPSA) is 20.2 Å². The van der Waals surface area contributed by atoms with Gasteiger partial charge in [0.25, 0.3) is 0 Å². The maximum Gasteiger partial charge on any atom is 0.123 e. The van der Waals surface area contributed by atoms with Crippen LogP contribution in [0.3, 0.4) is 0 Å². The second-order valence-corrected chi connectivity index (χ2v) is 6.60. The van der Waals surface area contributed by atoms with Crippen molar-refractivity contribution in [2.75, 3.05) is 5.75 Å². The van der Waals surface area contributed by atoms with Crippen LogP contribution in [0.1, 0.15) is 17.0 Å². The zero-order chi connectivity index (χ0) is 14.2. The van der Waals surface area contributed by atoms with Crippen LogP contribution in [0.4, 0.5) is 0 Å². The minimum absolute atomic E-state index is 0.365. The number of fused-ring (bicyclic) bond motifs is 2. The summed E-state index contributed by atoms with van der Waals surface area (Å²) in [6.45, 7) is 0. The van der Waals surface area contributed by atoms with E-state index in [1.54, 1.807) is 6.07 Å². The van der Waals surface area contributed by atoms with Gasteiger partial charge in [-0.25, -0.2) is 0 Å². The number of phenolic OH excluding ortho intramolecular Hbond substituents is 1. The van der Waals surface area contributed by atoms with Crippen LogP contribution in [0.15, 0.2) is 65.6 Å². The fourth-order valence-corrected chi connectivity index (χ4v) is 4.26. The predicted molar refractivity (Wildman–Crippen MR) is 89.2 cm³/mol. The van der Waals surface area contributed by atoms with Gasteiger partial charge >= 0.3 is 0 Å². The molecule has 4 rings (SSSR count). The molecule has 0 saturated heterocycles. The van der Waals surface area contributed by atoms with Gasteiger partial charge in [-0.15, -0.1) is 11.8 Å². The summed E-state index contributed by atoms with van der Waals surface area (Å²) < 4.78 is 0. The molecule has 0 fully saturated rings. The molecule has 2 heteroatoms. The standard InChI is InChI=1S/C19H16OS/c20-18-9-10-19(17-8-4-3-7-16(17)18)21-12-14-11-13-5-1-2-6-15(13)14/h1-10,14,20H,11-12H2. The normalized spacial score (nSPS) is 16.5. The second-order valence-electron chi connectivity index (χ2n) is 5.54. The van der Waals surface area contributed by atoms with Crippen LogP contribution in [0.25, 0.3) is 10.8 Å². The van der Waals surface area contributed by atoms with Crippen molar-refractivity contribution in [3.63, 3.8) is 0 Å². The first kappa shape index (κ1) is 12.8. The number of hydrogen-bond donors (Lipinski definition) is 1. The molecule has 0 radical (unpaired) electrons. The highest BCUT2D eigenvalue weighted by molar-refractivity contribution is 7.99. The lowest BCUT2D eigenvalue weighted by Crippen LogP contribution is -2.18. The van der Waals surface area contributed by atoms with E-state index in [9.17, 15) is 5.11 Å². The summed E-state index contributed by atoms with van der Waals surface area (Å²) in [6.07, 6.45) is 1.19. The first-order chi connectivity index (χ1) is 10.3. The Labute approximate surface area is 128 Å². The highest BCUT2D eigenvalue weighted by atomic mass is 32.2. The van der Waals surface area contributed by atoms with Gasteiger partial charge in [-0.2, -0.15) is 0 Å². The Kier molecular flexibility index (Phi) is 3.12. The van der Waals surface area contributed by atoms with Crippen LogP contribution in [0.5, 0.6) is 5.75 Å². The summed E-state index contributed by atoms with van der Waals surface area (Å²) in [5.41, 5.74) is 3.01. The lowest BCUT2D eigenvalue weighted by atomic mass is 9.79. The summed E-state index contributed by atoms with van der Waals surface area (Å²) in [7, 11) is 0. The van der Waals surface area contributed by atoms with Gasteiger partial charge in [0.15, 0.2) is 0 Å². The number of rotatable bonds is 3. The lowest BCUT2D eigenvalue weighted by Gasteiger charge is -2.29. The van der Waals surface area contributed by atoms with Gasteiger partial charge in [-0.1, -0.05) is 48.5 Å². The van der Waals surface area contributed by atoms with Gasteiger partial charge in [0, 0.05) is 16.0 Å². The molecule has 104 valence electrons. The average Bonchev–Trinajstić information content (AvgIpc) is 2.50. The van der Waals surface area contributed by atoms with Gasteiger partial charge in [0.1, 0.15) is 5.75 Å². The van der Waals surface area contributed by atoms with Crippen LogP contribution in [0, 0.1) is 0 Å². The molecule has 0 heterocycles. The quantitative estimate of drug-likeness (QED) is 0.687. The van der Waals surface area contributed by atoms with E-state index in [2.05, 4.69) is 30.3 Å². The van der Waals surface area contributed by atoms with Crippen molar-refractivity contribution in [3.05, 3.63) is 71.8 Å². The molecule has 1 aliphatic carbocycles. The molecule has 0 spiro atoms. The molecule has 21 heavy (non-hydrogen) atoms. The SMILES string of the molecule is Oc1ccc(SCC2Cc3ccccc32)c2ccccc12. The molecule has 3 aromatic carbocycles. The van der Waals surface area contributed by atoms with E-state index >= 15 is 0 Å². The summed E-state index contributed by atoms with van der Waals surface area (Å²) in [5.74, 6) is 2.13. The van der Waals surface area contributed by atoms with Crippen LogP contribution in [-0.4, -0.2) is 10.9 Å². The molecule has 3 aromatic rings. The lowest BCUT2D eigenvalue weighted by molar-refractivity contribution is 0.481. The van der Waals surface area contributed by atoms with Crippen LogP contribution in [0.2, 0.25) is 0 Å².